The Morgan fingerprint density at radius 1 is 0.386 bits per heavy atom. The van der Waals surface area contributed by atoms with E-state index in [4.69, 9.17) is 22.4 Å². The molecule has 8 heterocycles. The van der Waals surface area contributed by atoms with E-state index in [1.54, 1.807) is 130 Å². The number of rotatable bonds is 21. The van der Waals surface area contributed by atoms with Crippen LogP contribution in [0.3, 0.4) is 0 Å². The lowest BCUT2D eigenvalue weighted by Crippen LogP contribution is -2.24. The zero-order chi connectivity index (χ0) is 102. The molecular weight excluding hydrogens is 2020 g/mol. The van der Waals surface area contributed by atoms with Crippen molar-refractivity contribution < 1.29 is 78.7 Å². The lowest BCUT2D eigenvalue weighted by atomic mass is 10.0. The summed E-state index contributed by atoms with van der Waals surface area (Å²) in [6.45, 7) is 4.33. The molecule has 12 aromatic carbocycles. The number of aliphatic hydroxyl groups excluding tert-OH is 2. The average Bonchev–Trinajstić information content (AvgIpc) is 0.742. The van der Waals surface area contributed by atoms with Gasteiger partial charge in [-0.2, -0.15) is 13.2 Å². The van der Waals surface area contributed by atoms with Gasteiger partial charge in [-0.05, 0) is 183 Å². The minimum absolute atomic E-state index is 0.00332. The maximum atomic E-state index is 14.2. The van der Waals surface area contributed by atoms with E-state index >= 15 is 0 Å². The number of aromatic hydroxyl groups is 3. The Morgan fingerprint density at radius 3 is 1.28 bits per heavy atom. The fourth-order valence-electron chi connectivity index (χ4n) is 16.4. The predicted octanol–water partition coefficient (Wildman–Crippen LogP) is 24.1. The van der Waals surface area contributed by atoms with Crippen molar-refractivity contribution in [1.82, 2.24) is 18.3 Å². The lowest BCUT2D eigenvalue weighted by Gasteiger charge is -2.18. The van der Waals surface area contributed by atoms with E-state index < -0.39 is 110 Å². The van der Waals surface area contributed by atoms with Gasteiger partial charge in [0.25, 0.3) is 22.2 Å². The molecule has 34 heteroatoms. The number of benzene rings is 12. The third-order valence-corrected chi connectivity index (χ3v) is 27.8. The van der Waals surface area contributed by atoms with Crippen molar-refractivity contribution in [3.05, 3.63) is 460 Å². The third kappa shape index (κ3) is 21.2. The number of pyridine rings is 4. The van der Waals surface area contributed by atoms with Gasteiger partial charge in [0.05, 0.1) is 59.7 Å². The highest BCUT2D eigenvalue weighted by atomic mass is 79.9. The molecule has 1 atom stereocenters. The molecule has 5 N–H and O–H groups in total. The number of aryl methyl sites for hydroxylation is 3. The number of nitrogens with zero attached hydrogens (tertiary/aromatic N) is 4. The molecule has 0 aliphatic rings. The van der Waals surface area contributed by atoms with Crippen molar-refractivity contribution in [2.24, 2.45) is 0 Å². The number of aliphatic hydroxyl groups is 2. The maximum absolute atomic E-state index is 14.2. The molecule has 0 aliphatic heterocycles. The van der Waals surface area contributed by atoms with Gasteiger partial charge in [0.1, 0.15) is 64.4 Å². The van der Waals surface area contributed by atoms with Crippen molar-refractivity contribution in [3.8, 4) is 73.8 Å². The minimum atomic E-state index is -4.63. The summed E-state index contributed by atoms with van der Waals surface area (Å²) in [5.41, 5.74) is 0.856. The van der Waals surface area contributed by atoms with E-state index in [0.29, 0.717) is 88.7 Å². The normalized spacial score (nSPS) is 11.6. The van der Waals surface area contributed by atoms with E-state index in [1.165, 1.54) is 109 Å². The number of hydrogen-bond acceptors (Lipinski definition) is 22. The zero-order valence-corrected chi connectivity index (χ0v) is 80.8. The molecular formula is C111H76BrF7N4O18S4. The Labute approximate surface area is 841 Å². The fourth-order valence-corrected chi connectivity index (χ4v) is 20.4. The third-order valence-electron chi connectivity index (χ3n) is 23.0. The standard InChI is InChI=1S/C30H23F4NO6S.C27H17BrFNO4S.2C27H18FNO4S/c31-19-7-3-5-17(13-19)15-35-23-10-2-1-9-22(23)25-24(28(35)38)26(40-12-11-20(37)16-36)27(29(39)41-25)42-21-8-4-6-18(14-21)30(32,33)34;1-15-22(16-7-3-2-4-8-16)30(19-11-6-10-18(29)14-19)26(32)21-23(31)25(27(33)34-24(15)21)35-20-12-5-9-17(28)13-20;1-16-22(17-10-4-2-5-11-17)29(18-12-6-3-7-13-18)26(31)21-23(30)25(27(32)33-24(16)21)34-20-15-9-8-14-19(20)28;1-16-22(17-8-4-2-5-9-17)29(19-10-6-3-7-11-19)26(31)21-23(30)25(27(32)33-24(16)21)34-20-14-12-18(28)13-15-20/h1-10,13-14,20,36-37H,11-12,15-16H2;2-14,31H,1H3;2*2-15,30H,1H3. The number of ether oxygens (including phenoxy) is 1. The van der Waals surface area contributed by atoms with E-state index in [9.17, 15) is 94.6 Å². The van der Waals surface area contributed by atoms with E-state index in [2.05, 4.69) is 15.9 Å². The Bertz CT molecular complexity index is 8930. The Balaban J connectivity index is 0.000000133. The second kappa shape index (κ2) is 43.5. The van der Waals surface area contributed by atoms with Crippen LogP contribution in [0.5, 0.6) is 23.0 Å². The van der Waals surface area contributed by atoms with Gasteiger partial charge in [0.15, 0.2) is 45.3 Å². The molecule has 145 heavy (non-hydrogen) atoms. The molecule has 0 amide bonds. The van der Waals surface area contributed by atoms with Crippen molar-refractivity contribution in [2.75, 3.05) is 13.2 Å². The first kappa shape index (κ1) is 101. The number of hydrogen-bond donors (Lipinski definition) is 5. The van der Waals surface area contributed by atoms with E-state index in [1.807, 2.05) is 109 Å². The van der Waals surface area contributed by atoms with Crippen LogP contribution in [0.2, 0.25) is 0 Å². The van der Waals surface area contributed by atoms with Gasteiger partial charge in [0.2, 0.25) is 0 Å². The quantitative estimate of drug-likeness (QED) is 0.0330. The molecule has 0 fully saturated rings. The highest BCUT2D eigenvalue weighted by Crippen LogP contribution is 2.46. The summed E-state index contributed by atoms with van der Waals surface area (Å²) >= 11 is 6.64. The molecule has 1 unspecified atom stereocenters. The average molecular weight is 2090 g/mol. The number of halogens is 8. The summed E-state index contributed by atoms with van der Waals surface area (Å²) in [6, 6.07) is 86.5. The molecule has 0 saturated heterocycles. The van der Waals surface area contributed by atoms with Crippen LogP contribution in [0.15, 0.2) is 421 Å². The van der Waals surface area contributed by atoms with Gasteiger partial charge in [-0.15, -0.1) is 0 Å². The first-order valence-electron chi connectivity index (χ1n) is 44.2. The van der Waals surface area contributed by atoms with Crippen LogP contribution >= 0.6 is 63.0 Å². The summed E-state index contributed by atoms with van der Waals surface area (Å²) in [5.74, 6) is -3.69. The number of aromatic nitrogens is 4. The van der Waals surface area contributed by atoms with Gasteiger partial charge in [-0.3, -0.25) is 32.9 Å². The molecule has 0 saturated carbocycles. The minimum Gasteiger partial charge on any atom is -0.505 e. The summed E-state index contributed by atoms with van der Waals surface area (Å²) in [4.78, 5) is 108. The van der Waals surface area contributed by atoms with Crippen LogP contribution in [0.4, 0.5) is 30.7 Å². The van der Waals surface area contributed by atoms with Crippen LogP contribution in [0, 0.1) is 44.0 Å². The molecule has 0 bridgehead atoms. The highest BCUT2D eigenvalue weighted by Gasteiger charge is 2.34. The Hall–Kier alpha value is -16.0. The van der Waals surface area contributed by atoms with E-state index in [0.717, 1.165) is 63.0 Å². The first-order valence-corrected chi connectivity index (χ1v) is 48.2. The molecule has 20 aromatic rings. The van der Waals surface area contributed by atoms with Crippen LogP contribution in [-0.2, 0) is 12.7 Å². The summed E-state index contributed by atoms with van der Waals surface area (Å²) in [5, 5.41) is 52.3. The van der Waals surface area contributed by atoms with Gasteiger partial charge in [-0.25, -0.2) is 36.7 Å². The van der Waals surface area contributed by atoms with E-state index in [-0.39, 0.29) is 104 Å². The van der Waals surface area contributed by atoms with Crippen molar-refractivity contribution >= 4 is 118 Å². The lowest BCUT2D eigenvalue weighted by molar-refractivity contribution is -0.137. The zero-order valence-electron chi connectivity index (χ0n) is 76.0. The van der Waals surface area contributed by atoms with Crippen molar-refractivity contribution in [1.29, 1.82) is 0 Å². The van der Waals surface area contributed by atoms with Gasteiger partial charge in [0, 0.05) is 63.9 Å². The number of para-hydroxylation sites is 3. The summed E-state index contributed by atoms with van der Waals surface area (Å²) in [6.07, 6.45) is -5.85. The van der Waals surface area contributed by atoms with Crippen molar-refractivity contribution in [2.45, 2.75) is 85.2 Å². The van der Waals surface area contributed by atoms with Crippen molar-refractivity contribution in [3.63, 3.8) is 0 Å². The fraction of sp³-hybridized carbons (Fsp3) is 0.0811. The second-order valence-electron chi connectivity index (χ2n) is 32.4. The maximum Gasteiger partial charge on any atom is 0.416 e. The topological polar surface area (TPSA) is 319 Å². The first-order chi connectivity index (χ1) is 69.8. The highest BCUT2D eigenvalue weighted by molar-refractivity contribution is 9.10. The van der Waals surface area contributed by atoms with Crippen LogP contribution in [-0.4, -0.2) is 63.1 Å². The van der Waals surface area contributed by atoms with Gasteiger partial charge in [-0.1, -0.05) is 245 Å². The summed E-state index contributed by atoms with van der Waals surface area (Å²) < 4.78 is 131. The molecule has 728 valence electrons. The molecule has 0 radical (unpaired) electrons. The van der Waals surface area contributed by atoms with Crippen LogP contribution in [0.1, 0.15) is 34.2 Å². The van der Waals surface area contributed by atoms with Crippen LogP contribution < -0.4 is 49.5 Å². The molecule has 0 spiro atoms. The molecule has 20 rings (SSSR count). The number of fused-ring (bicyclic) bond motifs is 6. The predicted molar refractivity (Wildman–Crippen MR) is 548 cm³/mol. The number of alkyl halides is 3. The summed E-state index contributed by atoms with van der Waals surface area (Å²) in [7, 11) is 0. The molecule has 8 aromatic heterocycles. The Morgan fingerprint density at radius 2 is 0.793 bits per heavy atom. The van der Waals surface area contributed by atoms with Crippen LogP contribution in [0.25, 0.3) is 106 Å². The molecule has 22 nitrogen and oxygen atoms in total. The molecule has 0 aliphatic carbocycles. The largest absolute Gasteiger partial charge is 0.505 e. The monoisotopic (exact) mass is 2090 g/mol. The Kier molecular flexibility index (Phi) is 30.2. The van der Waals surface area contributed by atoms with Gasteiger partial charge < -0.3 is 52.5 Å². The second-order valence-corrected chi connectivity index (χ2v) is 37.7. The van der Waals surface area contributed by atoms with Gasteiger partial charge >= 0.3 is 28.7 Å². The SMILES string of the molecule is Cc1c(-c2ccccc2)n(-c2cccc(F)c2)c(=O)c2c(O)c(Sc3cccc(Br)c3)c(=O)oc12.Cc1c(-c2ccccc2)n(-c2ccccc2)c(=O)c2c(O)c(Sc3ccc(F)cc3)c(=O)oc12.Cc1c(-c2ccccc2)n(-c2ccccc2)c(=O)c2c(O)c(Sc3ccccc3F)c(=O)oc12.O=c1oc2c(c(OCCC(O)CO)c1Sc1cccc(C(F)(F)F)c1)c(=O)n(Cc1cccc(F)c1)c1ccccc21. The smallest absolute Gasteiger partial charge is 0.416 e.